The molecule has 1 aliphatic carbocycles. The van der Waals surface area contributed by atoms with Crippen molar-refractivity contribution in [1.82, 2.24) is 0 Å². The third-order valence-corrected chi connectivity index (χ3v) is 4.46. The molecule has 0 bridgehead atoms. The van der Waals surface area contributed by atoms with Crippen molar-refractivity contribution < 1.29 is 14.2 Å². The molecule has 0 atom stereocenters. The van der Waals surface area contributed by atoms with Crippen molar-refractivity contribution in [3.8, 4) is 17.2 Å². The zero-order valence-electron chi connectivity index (χ0n) is 13.6. The Morgan fingerprint density at radius 2 is 1.52 bits per heavy atom. The summed E-state index contributed by atoms with van der Waals surface area (Å²) in [6.07, 6.45) is 6.40. The summed E-state index contributed by atoms with van der Waals surface area (Å²) in [5, 5.41) is 3.61. The molecule has 0 heterocycles. The van der Waals surface area contributed by atoms with E-state index in [4.69, 9.17) is 14.2 Å². The number of anilines is 1. The van der Waals surface area contributed by atoms with Gasteiger partial charge in [0.25, 0.3) is 0 Å². The van der Waals surface area contributed by atoms with Crippen LogP contribution in [-0.2, 0) is 0 Å². The van der Waals surface area contributed by atoms with Crippen molar-refractivity contribution in [3.05, 3.63) is 12.1 Å². The van der Waals surface area contributed by atoms with E-state index in [1.54, 1.807) is 21.3 Å². The molecule has 1 aromatic rings. The number of hydrogen-bond acceptors (Lipinski definition) is 4. The van der Waals surface area contributed by atoms with Gasteiger partial charge in [0.1, 0.15) is 0 Å². The van der Waals surface area contributed by atoms with E-state index < -0.39 is 0 Å². The Bertz CT molecular complexity index is 428. The maximum Gasteiger partial charge on any atom is 0.203 e. The fraction of sp³-hybridized carbons (Fsp3) is 0.647. The molecule has 2 rings (SSSR count). The second-order valence-electron chi connectivity index (χ2n) is 5.68. The summed E-state index contributed by atoms with van der Waals surface area (Å²) in [7, 11) is 4.92. The van der Waals surface area contributed by atoms with E-state index in [1.165, 1.54) is 32.1 Å². The average Bonchev–Trinajstić information content (AvgIpc) is 2.54. The number of nitrogens with one attached hydrogen (secondary N) is 1. The van der Waals surface area contributed by atoms with E-state index in [-0.39, 0.29) is 0 Å². The zero-order valence-corrected chi connectivity index (χ0v) is 13.6. The predicted molar refractivity (Wildman–Crippen MR) is 85.8 cm³/mol. The van der Waals surface area contributed by atoms with E-state index >= 15 is 0 Å². The lowest BCUT2D eigenvalue weighted by molar-refractivity contribution is 0.323. The molecule has 0 amide bonds. The first-order valence-electron chi connectivity index (χ1n) is 7.78. The molecule has 1 aliphatic rings. The quantitative estimate of drug-likeness (QED) is 0.857. The Labute approximate surface area is 127 Å². The Kier molecular flexibility index (Phi) is 5.59. The Balaban J connectivity index is 2.10. The van der Waals surface area contributed by atoms with Crippen molar-refractivity contribution in [3.63, 3.8) is 0 Å². The highest BCUT2D eigenvalue weighted by Crippen LogP contribution is 2.40. The number of benzene rings is 1. The van der Waals surface area contributed by atoms with Gasteiger partial charge in [-0.2, -0.15) is 0 Å². The van der Waals surface area contributed by atoms with Gasteiger partial charge in [-0.05, 0) is 31.6 Å². The molecule has 0 aromatic heterocycles. The van der Waals surface area contributed by atoms with E-state index in [2.05, 4.69) is 12.2 Å². The summed E-state index contributed by atoms with van der Waals surface area (Å²) < 4.78 is 16.2. The highest BCUT2D eigenvalue weighted by atomic mass is 16.5. The van der Waals surface area contributed by atoms with Crippen LogP contribution in [0, 0.1) is 5.92 Å². The summed E-state index contributed by atoms with van der Waals surface area (Å²) in [5.41, 5.74) is 1.03. The van der Waals surface area contributed by atoms with Crippen molar-refractivity contribution in [1.29, 1.82) is 0 Å². The molecular formula is C17H27NO3. The van der Waals surface area contributed by atoms with Crippen LogP contribution in [0.1, 0.15) is 39.0 Å². The average molecular weight is 293 g/mol. The minimum absolute atomic E-state index is 0.538. The minimum Gasteiger partial charge on any atom is -0.493 e. The van der Waals surface area contributed by atoms with Gasteiger partial charge >= 0.3 is 0 Å². The summed E-state index contributed by atoms with van der Waals surface area (Å²) in [6, 6.07) is 4.50. The van der Waals surface area contributed by atoms with Crippen LogP contribution in [0.3, 0.4) is 0 Å². The molecule has 118 valence electrons. The third kappa shape index (κ3) is 3.74. The molecular weight excluding hydrogens is 266 g/mol. The smallest absolute Gasteiger partial charge is 0.203 e. The van der Waals surface area contributed by atoms with Gasteiger partial charge in [-0.3, -0.25) is 0 Å². The molecule has 0 radical (unpaired) electrons. The van der Waals surface area contributed by atoms with Crippen LogP contribution in [-0.4, -0.2) is 27.4 Å². The first-order chi connectivity index (χ1) is 10.2. The zero-order chi connectivity index (χ0) is 15.2. The van der Waals surface area contributed by atoms with Crippen LogP contribution in [0.5, 0.6) is 17.2 Å². The van der Waals surface area contributed by atoms with E-state index in [1.807, 2.05) is 12.1 Å². The molecule has 1 N–H and O–H groups in total. The number of ether oxygens (including phenoxy) is 3. The van der Waals surface area contributed by atoms with Crippen LogP contribution < -0.4 is 19.5 Å². The maximum atomic E-state index is 5.40. The summed E-state index contributed by atoms with van der Waals surface area (Å²) in [5.74, 6) is 2.94. The molecule has 1 saturated carbocycles. The summed E-state index contributed by atoms with van der Waals surface area (Å²) >= 11 is 0. The lowest BCUT2D eigenvalue weighted by atomic mass is 9.84. The van der Waals surface area contributed by atoms with Crippen LogP contribution in [0.4, 0.5) is 5.69 Å². The fourth-order valence-electron chi connectivity index (χ4n) is 3.12. The Morgan fingerprint density at radius 3 is 1.95 bits per heavy atom. The topological polar surface area (TPSA) is 39.7 Å². The highest BCUT2D eigenvalue weighted by Gasteiger charge is 2.21. The number of hydrogen-bond donors (Lipinski definition) is 1. The second kappa shape index (κ2) is 7.43. The molecule has 0 saturated heterocycles. The molecule has 1 fully saturated rings. The van der Waals surface area contributed by atoms with Crippen molar-refractivity contribution in [2.45, 2.75) is 45.1 Å². The standard InChI is InChI=1S/C17H27NO3/c1-5-12-6-8-13(9-7-12)18-14-10-15(19-2)17(21-4)16(11-14)20-3/h10-13,18H,5-9H2,1-4H3. The van der Waals surface area contributed by atoms with Crippen LogP contribution in [0.25, 0.3) is 0 Å². The molecule has 0 spiro atoms. The van der Waals surface area contributed by atoms with Gasteiger partial charge in [-0.15, -0.1) is 0 Å². The largest absolute Gasteiger partial charge is 0.493 e. The first kappa shape index (κ1) is 15.8. The van der Waals surface area contributed by atoms with Gasteiger partial charge < -0.3 is 19.5 Å². The van der Waals surface area contributed by atoms with Gasteiger partial charge in [0, 0.05) is 23.9 Å². The Hall–Kier alpha value is -1.58. The van der Waals surface area contributed by atoms with Gasteiger partial charge in [0.15, 0.2) is 11.5 Å². The van der Waals surface area contributed by atoms with Crippen molar-refractivity contribution in [2.75, 3.05) is 26.6 Å². The maximum absolute atomic E-state index is 5.40. The molecule has 4 nitrogen and oxygen atoms in total. The SMILES string of the molecule is CCC1CCC(Nc2cc(OC)c(OC)c(OC)c2)CC1. The molecule has 1 aromatic carbocycles. The highest BCUT2D eigenvalue weighted by molar-refractivity contribution is 5.62. The molecule has 21 heavy (non-hydrogen) atoms. The van der Waals surface area contributed by atoms with Crippen LogP contribution >= 0.6 is 0 Å². The number of methoxy groups -OCH3 is 3. The fourth-order valence-corrected chi connectivity index (χ4v) is 3.12. The van der Waals surface area contributed by atoms with Gasteiger partial charge in [0.05, 0.1) is 21.3 Å². The Morgan fingerprint density at radius 1 is 0.952 bits per heavy atom. The van der Waals surface area contributed by atoms with Crippen LogP contribution in [0.2, 0.25) is 0 Å². The summed E-state index contributed by atoms with van der Waals surface area (Å²) in [6.45, 7) is 2.29. The minimum atomic E-state index is 0.538. The van der Waals surface area contributed by atoms with Gasteiger partial charge in [-0.25, -0.2) is 0 Å². The molecule has 0 unspecified atom stereocenters. The van der Waals surface area contributed by atoms with Crippen molar-refractivity contribution in [2.24, 2.45) is 5.92 Å². The van der Waals surface area contributed by atoms with Gasteiger partial charge in [-0.1, -0.05) is 13.3 Å². The van der Waals surface area contributed by atoms with Crippen molar-refractivity contribution >= 4 is 5.69 Å². The lowest BCUT2D eigenvalue weighted by Gasteiger charge is -2.29. The lowest BCUT2D eigenvalue weighted by Crippen LogP contribution is -2.25. The predicted octanol–water partition coefficient (Wildman–Crippen LogP) is 4.09. The molecule has 4 heteroatoms. The van der Waals surface area contributed by atoms with E-state index in [0.29, 0.717) is 23.3 Å². The normalized spacial score (nSPS) is 21.7. The van der Waals surface area contributed by atoms with Crippen LogP contribution in [0.15, 0.2) is 12.1 Å². The molecule has 0 aliphatic heterocycles. The monoisotopic (exact) mass is 293 g/mol. The summed E-state index contributed by atoms with van der Waals surface area (Å²) in [4.78, 5) is 0. The van der Waals surface area contributed by atoms with E-state index in [0.717, 1.165) is 11.6 Å². The van der Waals surface area contributed by atoms with Gasteiger partial charge in [0.2, 0.25) is 5.75 Å². The van der Waals surface area contributed by atoms with E-state index in [9.17, 15) is 0 Å². The first-order valence-corrected chi connectivity index (χ1v) is 7.78. The second-order valence-corrected chi connectivity index (χ2v) is 5.68. The third-order valence-electron chi connectivity index (χ3n) is 4.46. The number of rotatable bonds is 6.